The van der Waals surface area contributed by atoms with Gasteiger partial charge in [0.05, 0.1) is 24.4 Å². The molecule has 0 fully saturated rings. The summed E-state index contributed by atoms with van der Waals surface area (Å²) in [7, 11) is 3.35. The van der Waals surface area contributed by atoms with Gasteiger partial charge in [0, 0.05) is 7.05 Å². The van der Waals surface area contributed by atoms with Gasteiger partial charge < -0.3 is 14.6 Å². The molecule has 0 radical (unpaired) electrons. The van der Waals surface area contributed by atoms with Crippen LogP contribution in [0.4, 0.5) is 0 Å². The number of nitrogens with zero attached hydrogens (tertiary/aromatic N) is 3. The van der Waals surface area contributed by atoms with Gasteiger partial charge in [-0.25, -0.2) is 0 Å². The maximum Gasteiger partial charge on any atom is 0.175 e. The molecule has 0 bridgehead atoms. The van der Waals surface area contributed by atoms with Crippen molar-refractivity contribution in [3.63, 3.8) is 0 Å². The van der Waals surface area contributed by atoms with Crippen molar-refractivity contribution < 1.29 is 14.6 Å². The average molecular weight is 328 g/mol. The van der Waals surface area contributed by atoms with Gasteiger partial charge in [-0.1, -0.05) is 5.21 Å². The van der Waals surface area contributed by atoms with Crippen molar-refractivity contribution in [3.05, 3.63) is 34.1 Å². The smallest absolute Gasteiger partial charge is 0.175 e. The number of benzene rings is 1. The number of halogens is 1. The Hall–Kier alpha value is -1.60. The summed E-state index contributed by atoms with van der Waals surface area (Å²) in [5.41, 5.74) is 1.47. The van der Waals surface area contributed by atoms with Gasteiger partial charge in [-0.2, -0.15) is 0 Å². The van der Waals surface area contributed by atoms with E-state index in [1.54, 1.807) is 37.2 Å². The van der Waals surface area contributed by atoms with Crippen molar-refractivity contribution in [3.8, 4) is 11.5 Å². The van der Waals surface area contributed by atoms with E-state index < -0.39 is 0 Å². The highest BCUT2D eigenvalue weighted by atomic mass is 79.9. The molecule has 0 amide bonds. The molecule has 0 aliphatic heterocycles. The van der Waals surface area contributed by atoms with E-state index in [2.05, 4.69) is 26.2 Å². The van der Waals surface area contributed by atoms with Crippen molar-refractivity contribution >= 4 is 15.9 Å². The van der Waals surface area contributed by atoms with E-state index in [0.29, 0.717) is 18.1 Å². The molecule has 6 nitrogen and oxygen atoms in total. The van der Waals surface area contributed by atoms with Crippen LogP contribution in [0.5, 0.6) is 11.5 Å². The summed E-state index contributed by atoms with van der Waals surface area (Å²) in [5, 5.41) is 16.9. The highest BCUT2D eigenvalue weighted by Crippen LogP contribution is 2.37. The largest absolute Gasteiger partial charge is 0.493 e. The Morgan fingerprint density at radius 1 is 1.42 bits per heavy atom. The first-order chi connectivity index (χ1) is 9.13. The van der Waals surface area contributed by atoms with Gasteiger partial charge >= 0.3 is 0 Å². The zero-order chi connectivity index (χ0) is 13.8. The van der Waals surface area contributed by atoms with E-state index in [1.165, 1.54) is 0 Å². The van der Waals surface area contributed by atoms with Crippen LogP contribution in [0.25, 0.3) is 0 Å². The summed E-state index contributed by atoms with van der Waals surface area (Å²) in [5.74, 6) is 1.13. The van der Waals surface area contributed by atoms with E-state index in [9.17, 15) is 0 Å². The second kappa shape index (κ2) is 6.03. The first-order valence-corrected chi connectivity index (χ1v) is 6.38. The van der Waals surface area contributed by atoms with Gasteiger partial charge in [0.15, 0.2) is 11.5 Å². The Morgan fingerprint density at radius 3 is 2.79 bits per heavy atom. The summed E-state index contributed by atoms with van der Waals surface area (Å²) in [6.07, 6.45) is 1.78. The second-order valence-electron chi connectivity index (χ2n) is 3.94. The van der Waals surface area contributed by atoms with E-state index in [0.717, 1.165) is 15.7 Å². The molecule has 0 saturated carbocycles. The predicted octanol–water partition coefficient (Wildman–Crippen LogP) is 1.66. The predicted molar refractivity (Wildman–Crippen MR) is 72.0 cm³/mol. The molecule has 2 rings (SSSR count). The van der Waals surface area contributed by atoms with Gasteiger partial charge in [-0.15, -0.1) is 5.10 Å². The molecule has 0 spiro atoms. The summed E-state index contributed by atoms with van der Waals surface area (Å²) in [4.78, 5) is 0. The molecule has 2 aromatic rings. The number of hydrogen-bond donors (Lipinski definition) is 1. The van der Waals surface area contributed by atoms with Crippen LogP contribution < -0.4 is 9.47 Å². The van der Waals surface area contributed by atoms with Crippen LogP contribution in [0.15, 0.2) is 22.8 Å². The highest BCUT2D eigenvalue weighted by molar-refractivity contribution is 9.10. The molecule has 1 heterocycles. The fourth-order valence-electron chi connectivity index (χ4n) is 1.61. The molecule has 1 aromatic carbocycles. The van der Waals surface area contributed by atoms with Crippen molar-refractivity contribution in [2.45, 2.75) is 13.2 Å². The van der Waals surface area contributed by atoms with Crippen molar-refractivity contribution in [1.82, 2.24) is 15.0 Å². The minimum absolute atomic E-state index is 0.0561. The minimum Gasteiger partial charge on any atom is -0.493 e. The molecule has 0 unspecified atom stereocenters. The van der Waals surface area contributed by atoms with Crippen LogP contribution in [0.1, 0.15) is 11.3 Å². The molecule has 1 aromatic heterocycles. The Balaban J connectivity index is 2.19. The Bertz CT molecular complexity index is 571. The van der Waals surface area contributed by atoms with Crippen LogP contribution in [0, 0.1) is 0 Å². The van der Waals surface area contributed by atoms with Crippen molar-refractivity contribution in [2.75, 3.05) is 7.11 Å². The first kappa shape index (κ1) is 13.8. The second-order valence-corrected chi connectivity index (χ2v) is 4.79. The third-order valence-corrected chi connectivity index (χ3v) is 3.08. The van der Waals surface area contributed by atoms with Gasteiger partial charge in [-0.05, 0) is 33.6 Å². The Morgan fingerprint density at radius 2 is 2.21 bits per heavy atom. The molecule has 102 valence electrons. The van der Waals surface area contributed by atoms with Gasteiger partial charge in [0.25, 0.3) is 0 Å². The Kier molecular flexibility index (Phi) is 4.39. The summed E-state index contributed by atoms with van der Waals surface area (Å²) < 4.78 is 13.3. The number of hydrogen-bond acceptors (Lipinski definition) is 5. The van der Waals surface area contributed by atoms with Crippen molar-refractivity contribution in [2.24, 2.45) is 7.05 Å². The van der Waals surface area contributed by atoms with Gasteiger partial charge in [0.1, 0.15) is 12.3 Å². The molecule has 0 aliphatic rings. The molecule has 0 atom stereocenters. The lowest BCUT2D eigenvalue weighted by Gasteiger charge is -2.13. The third-order valence-electron chi connectivity index (χ3n) is 2.49. The summed E-state index contributed by atoms with van der Waals surface area (Å²) in [6, 6.07) is 3.52. The first-order valence-electron chi connectivity index (χ1n) is 5.59. The topological polar surface area (TPSA) is 69.4 Å². The highest BCUT2D eigenvalue weighted by Gasteiger charge is 2.12. The number of aliphatic hydroxyl groups excluding tert-OH is 1. The number of methoxy groups -OCH3 is 1. The van der Waals surface area contributed by atoms with Crippen molar-refractivity contribution in [1.29, 1.82) is 0 Å². The monoisotopic (exact) mass is 327 g/mol. The van der Waals surface area contributed by atoms with Crippen LogP contribution in [-0.2, 0) is 20.3 Å². The number of aryl methyl sites for hydroxylation is 1. The number of ether oxygens (including phenoxy) is 2. The fraction of sp³-hybridized carbons (Fsp3) is 0.333. The number of aliphatic hydroxyl groups is 1. The van der Waals surface area contributed by atoms with Gasteiger partial charge in [0.2, 0.25) is 0 Å². The van der Waals surface area contributed by atoms with Crippen LogP contribution in [0.2, 0.25) is 0 Å². The van der Waals surface area contributed by atoms with E-state index >= 15 is 0 Å². The number of rotatable bonds is 5. The minimum atomic E-state index is -0.0561. The van der Waals surface area contributed by atoms with E-state index in [4.69, 9.17) is 14.6 Å². The van der Waals surface area contributed by atoms with Crippen LogP contribution >= 0.6 is 15.9 Å². The molecule has 19 heavy (non-hydrogen) atoms. The average Bonchev–Trinajstić information content (AvgIpc) is 2.82. The van der Waals surface area contributed by atoms with Gasteiger partial charge in [-0.3, -0.25) is 4.68 Å². The third kappa shape index (κ3) is 3.24. The van der Waals surface area contributed by atoms with Crippen LogP contribution in [0.3, 0.4) is 0 Å². The lowest BCUT2D eigenvalue weighted by atomic mass is 10.2. The molecule has 7 heteroatoms. The molecule has 0 aliphatic carbocycles. The lowest BCUT2D eigenvalue weighted by Crippen LogP contribution is -2.00. The standard InChI is InChI=1S/C12H14BrN3O3/c1-16-5-9(14-15-16)7-19-12-10(13)3-8(6-17)4-11(12)18-2/h3-5,17H,6-7H2,1-2H3. The van der Waals surface area contributed by atoms with E-state index in [1.807, 2.05) is 0 Å². The zero-order valence-electron chi connectivity index (χ0n) is 10.6. The normalized spacial score (nSPS) is 10.5. The van der Waals surface area contributed by atoms with E-state index in [-0.39, 0.29) is 6.61 Å². The molecular formula is C12H14BrN3O3. The molecule has 0 saturated heterocycles. The molecular weight excluding hydrogens is 314 g/mol. The maximum absolute atomic E-state index is 9.15. The van der Waals surface area contributed by atoms with Crippen LogP contribution in [-0.4, -0.2) is 27.2 Å². The summed E-state index contributed by atoms with van der Waals surface area (Å²) in [6.45, 7) is 0.237. The fourth-order valence-corrected chi connectivity index (χ4v) is 2.22. The Labute approximate surface area is 119 Å². The lowest BCUT2D eigenvalue weighted by molar-refractivity contribution is 0.271. The summed E-state index contributed by atoms with van der Waals surface area (Å²) >= 11 is 3.40. The maximum atomic E-state index is 9.15. The number of aromatic nitrogens is 3. The quantitative estimate of drug-likeness (QED) is 0.904. The SMILES string of the molecule is COc1cc(CO)cc(Br)c1OCc1cn(C)nn1. The zero-order valence-corrected chi connectivity index (χ0v) is 12.2. The molecule has 1 N–H and O–H groups in total.